The number of hydrazine groups is 1. The van der Waals surface area contributed by atoms with E-state index in [0.717, 1.165) is 54.4 Å². The molecule has 2 aromatic carbocycles. The van der Waals surface area contributed by atoms with E-state index in [1.165, 1.54) is 5.56 Å². The molecule has 5 N–H and O–H groups in total. The van der Waals surface area contributed by atoms with E-state index in [-0.39, 0.29) is 12.5 Å². The van der Waals surface area contributed by atoms with Gasteiger partial charge in [0.15, 0.2) is 0 Å². The second kappa shape index (κ2) is 8.69. The Morgan fingerprint density at radius 3 is 2.60 bits per heavy atom. The largest absolute Gasteiger partial charge is 0.480 e. The third kappa shape index (κ3) is 4.53. The van der Waals surface area contributed by atoms with E-state index in [1.807, 2.05) is 17.0 Å². The molecule has 0 unspecified atom stereocenters. The summed E-state index contributed by atoms with van der Waals surface area (Å²) >= 11 is 0. The molecule has 1 saturated heterocycles. The molecule has 1 fully saturated rings. The molecule has 1 aliphatic rings. The number of aromatic amines is 1. The second-order valence-corrected chi connectivity index (χ2v) is 7.98. The quantitative estimate of drug-likeness (QED) is 0.286. The summed E-state index contributed by atoms with van der Waals surface area (Å²) in [5, 5.41) is 9.90. The van der Waals surface area contributed by atoms with Gasteiger partial charge in [-0.1, -0.05) is 30.3 Å². The van der Waals surface area contributed by atoms with Crippen LogP contribution in [0.25, 0.3) is 22.0 Å². The summed E-state index contributed by atoms with van der Waals surface area (Å²) in [5.41, 5.74) is 7.00. The predicted molar refractivity (Wildman–Crippen MR) is 116 cm³/mol. The Morgan fingerprint density at radius 1 is 1.10 bits per heavy atom. The number of carboxylic acids is 1. The summed E-state index contributed by atoms with van der Waals surface area (Å²) in [6.07, 6.45) is 3.06. The minimum atomic E-state index is -0.753. The number of H-pyrrole nitrogens is 1. The molecule has 1 aliphatic heterocycles. The SMILES string of the molecule is NNC(=O)c1cc2cc(-c3cccc(CC4CCN(CC(=O)O)CC4)c3)ccc2[nH]1. The Bertz CT molecular complexity index is 1070. The number of aliphatic carboxylic acids is 1. The van der Waals surface area contributed by atoms with Gasteiger partial charge in [-0.05, 0) is 73.2 Å². The molecular weight excluding hydrogens is 380 g/mol. The highest BCUT2D eigenvalue weighted by molar-refractivity contribution is 5.98. The van der Waals surface area contributed by atoms with Crippen molar-refractivity contribution in [2.45, 2.75) is 19.3 Å². The number of hydrogen-bond acceptors (Lipinski definition) is 4. The first-order valence-corrected chi connectivity index (χ1v) is 10.2. The highest BCUT2D eigenvalue weighted by Crippen LogP contribution is 2.28. The van der Waals surface area contributed by atoms with Gasteiger partial charge in [-0.3, -0.25) is 19.9 Å². The summed E-state index contributed by atoms with van der Waals surface area (Å²) in [6.45, 7) is 1.83. The fraction of sp³-hybridized carbons (Fsp3) is 0.304. The second-order valence-electron chi connectivity index (χ2n) is 7.98. The van der Waals surface area contributed by atoms with Crippen LogP contribution in [0.5, 0.6) is 0 Å². The van der Waals surface area contributed by atoms with Crippen molar-refractivity contribution >= 4 is 22.8 Å². The summed E-state index contributed by atoms with van der Waals surface area (Å²) < 4.78 is 0. The molecule has 7 heteroatoms. The summed E-state index contributed by atoms with van der Waals surface area (Å²) in [7, 11) is 0. The van der Waals surface area contributed by atoms with E-state index in [9.17, 15) is 9.59 Å². The van der Waals surface area contributed by atoms with Crippen molar-refractivity contribution in [3.63, 3.8) is 0 Å². The van der Waals surface area contributed by atoms with Gasteiger partial charge in [-0.25, -0.2) is 5.84 Å². The molecule has 156 valence electrons. The first kappa shape index (κ1) is 20.1. The minimum Gasteiger partial charge on any atom is -0.480 e. The minimum absolute atomic E-state index is 0.137. The highest BCUT2D eigenvalue weighted by atomic mass is 16.4. The molecule has 1 amide bonds. The number of carbonyl (C=O) groups is 2. The number of benzene rings is 2. The summed E-state index contributed by atoms with van der Waals surface area (Å²) in [4.78, 5) is 27.7. The number of nitrogens with one attached hydrogen (secondary N) is 2. The van der Waals surface area contributed by atoms with Crippen molar-refractivity contribution in [2.75, 3.05) is 19.6 Å². The number of nitrogen functional groups attached to an aromatic ring is 1. The number of hydrogen-bond donors (Lipinski definition) is 4. The third-order valence-corrected chi connectivity index (χ3v) is 5.85. The molecule has 0 radical (unpaired) electrons. The Hall–Kier alpha value is -3.16. The number of nitrogens with two attached hydrogens (primary N) is 1. The van der Waals surface area contributed by atoms with Crippen LogP contribution >= 0.6 is 0 Å². The molecule has 2 heterocycles. The average Bonchev–Trinajstić information content (AvgIpc) is 3.18. The van der Waals surface area contributed by atoms with Gasteiger partial charge in [0.25, 0.3) is 5.91 Å². The maximum absolute atomic E-state index is 11.7. The van der Waals surface area contributed by atoms with Crippen LogP contribution in [-0.2, 0) is 11.2 Å². The highest BCUT2D eigenvalue weighted by Gasteiger charge is 2.21. The zero-order valence-electron chi connectivity index (χ0n) is 16.7. The Labute approximate surface area is 174 Å². The first-order chi connectivity index (χ1) is 14.5. The number of carboxylic acid groups (broad SMARTS) is 1. The molecule has 0 spiro atoms. The molecule has 1 aromatic heterocycles. The van der Waals surface area contributed by atoms with Crippen LogP contribution in [0.1, 0.15) is 28.9 Å². The normalized spacial score (nSPS) is 15.4. The number of piperidine rings is 1. The van der Waals surface area contributed by atoms with Crippen LogP contribution in [0.4, 0.5) is 0 Å². The molecule has 30 heavy (non-hydrogen) atoms. The number of nitrogens with zero attached hydrogens (tertiary/aromatic N) is 1. The fourth-order valence-corrected chi connectivity index (χ4v) is 4.26. The average molecular weight is 406 g/mol. The number of aromatic nitrogens is 1. The van der Waals surface area contributed by atoms with Crippen LogP contribution < -0.4 is 11.3 Å². The van der Waals surface area contributed by atoms with Gasteiger partial charge in [-0.15, -0.1) is 0 Å². The Balaban J connectivity index is 1.47. The van der Waals surface area contributed by atoms with Gasteiger partial charge in [0.05, 0.1) is 6.54 Å². The van der Waals surface area contributed by atoms with Crippen LogP contribution in [-0.4, -0.2) is 46.5 Å². The smallest absolute Gasteiger partial charge is 0.317 e. The molecule has 7 nitrogen and oxygen atoms in total. The number of amides is 1. The van der Waals surface area contributed by atoms with Gasteiger partial charge in [0.2, 0.25) is 0 Å². The van der Waals surface area contributed by atoms with Crippen molar-refractivity contribution < 1.29 is 14.7 Å². The number of fused-ring (bicyclic) bond motifs is 1. The van der Waals surface area contributed by atoms with E-state index in [1.54, 1.807) is 6.07 Å². The van der Waals surface area contributed by atoms with Gasteiger partial charge in [-0.2, -0.15) is 0 Å². The lowest BCUT2D eigenvalue weighted by Crippen LogP contribution is -2.37. The van der Waals surface area contributed by atoms with Crippen LogP contribution in [0.2, 0.25) is 0 Å². The van der Waals surface area contributed by atoms with E-state index in [4.69, 9.17) is 10.9 Å². The van der Waals surface area contributed by atoms with Crippen molar-refractivity contribution in [1.82, 2.24) is 15.3 Å². The standard InChI is InChI=1S/C23H26N4O3/c24-26-23(30)21-13-19-12-18(4-5-20(19)25-21)17-3-1-2-16(11-17)10-15-6-8-27(9-7-15)14-22(28)29/h1-5,11-13,15,25H,6-10,14,24H2,(H,26,30)(H,28,29). The molecule has 0 bridgehead atoms. The lowest BCUT2D eigenvalue weighted by Gasteiger charge is -2.30. The van der Waals surface area contributed by atoms with Crippen molar-refractivity contribution in [2.24, 2.45) is 11.8 Å². The third-order valence-electron chi connectivity index (χ3n) is 5.85. The van der Waals surface area contributed by atoms with Crippen molar-refractivity contribution in [3.8, 4) is 11.1 Å². The topological polar surface area (TPSA) is 111 Å². The van der Waals surface area contributed by atoms with Crippen molar-refractivity contribution in [1.29, 1.82) is 0 Å². The van der Waals surface area contributed by atoms with Crippen LogP contribution in [0, 0.1) is 5.92 Å². The summed E-state index contributed by atoms with van der Waals surface area (Å²) in [5.74, 6) is 4.70. The monoisotopic (exact) mass is 406 g/mol. The van der Waals surface area contributed by atoms with E-state index in [2.05, 4.69) is 40.7 Å². The lowest BCUT2D eigenvalue weighted by atomic mass is 9.89. The zero-order chi connectivity index (χ0) is 21.1. The summed E-state index contributed by atoms with van der Waals surface area (Å²) in [6, 6.07) is 16.5. The Kier molecular flexibility index (Phi) is 5.83. The molecule has 3 aromatic rings. The first-order valence-electron chi connectivity index (χ1n) is 10.2. The molecule has 0 saturated carbocycles. The zero-order valence-corrected chi connectivity index (χ0v) is 16.7. The van der Waals surface area contributed by atoms with Gasteiger partial charge in [0.1, 0.15) is 5.69 Å². The molecule has 0 aliphatic carbocycles. The number of likely N-dealkylation sites (tertiary alicyclic amines) is 1. The maximum Gasteiger partial charge on any atom is 0.317 e. The lowest BCUT2D eigenvalue weighted by molar-refractivity contribution is -0.138. The van der Waals surface area contributed by atoms with Gasteiger partial charge < -0.3 is 10.1 Å². The van der Waals surface area contributed by atoms with Crippen molar-refractivity contribution in [3.05, 3.63) is 59.8 Å². The molecule has 0 atom stereocenters. The molecular formula is C23H26N4O3. The van der Waals surface area contributed by atoms with E-state index >= 15 is 0 Å². The van der Waals surface area contributed by atoms with E-state index < -0.39 is 5.97 Å². The van der Waals surface area contributed by atoms with Gasteiger partial charge in [0, 0.05) is 10.9 Å². The number of carbonyl (C=O) groups excluding carboxylic acids is 1. The van der Waals surface area contributed by atoms with Gasteiger partial charge >= 0.3 is 5.97 Å². The van der Waals surface area contributed by atoms with E-state index in [0.29, 0.717) is 11.6 Å². The predicted octanol–water partition coefficient (Wildman–Crippen LogP) is 2.78. The van der Waals surface area contributed by atoms with Crippen LogP contribution in [0.3, 0.4) is 0 Å². The van der Waals surface area contributed by atoms with Crippen LogP contribution in [0.15, 0.2) is 48.5 Å². The fourth-order valence-electron chi connectivity index (χ4n) is 4.26. The molecule has 4 rings (SSSR count). The maximum atomic E-state index is 11.7. The Morgan fingerprint density at radius 2 is 1.87 bits per heavy atom. The number of rotatable bonds is 6.